The van der Waals surface area contributed by atoms with E-state index in [0.717, 1.165) is 18.4 Å². The van der Waals surface area contributed by atoms with Crippen LogP contribution in [0.1, 0.15) is 32.3 Å². The van der Waals surface area contributed by atoms with Crippen molar-refractivity contribution in [1.29, 1.82) is 0 Å². The molecule has 2 heterocycles. The van der Waals surface area contributed by atoms with Gasteiger partial charge in [0.05, 0.1) is 4.90 Å². The number of hydrogen-bond acceptors (Lipinski definition) is 5. The molecule has 2 aliphatic rings. The van der Waals surface area contributed by atoms with E-state index in [4.69, 9.17) is 4.74 Å². The highest BCUT2D eigenvalue weighted by Crippen LogP contribution is 2.23. The predicted octanol–water partition coefficient (Wildman–Crippen LogP) is 1.65. The first-order valence-corrected chi connectivity index (χ1v) is 10.4. The number of carbonyl (C=O) groups is 1. The van der Waals surface area contributed by atoms with Crippen molar-refractivity contribution in [2.24, 2.45) is 0 Å². The fraction of sp³-hybridized carbons (Fsp3) is 0.611. The summed E-state index contributed by atoms with van der Waals surface area (Å²) < 4.78 is 32.4. The van der Waals surface area contributed by atoms with Crippen molar-refractivity contribution < 1.29 is 17.9 Å². The van der Waals surface area contributed by atoms with E-state index in [1.54, 1.807) is 12.1 Å². The average molecular weight is 366 g/mol. The second-order valence-electron chi connectivity index (χ2n) is 6.83. The normalized spacial score (nSPS) is 25.9. The Labute approximate surface area is 149 Å². The van der Waals surface area contributed by atoms with Gasteiger partial charge in [0.15, 0.2) is 0 Å². The monoisotopic (exact) mass is 366 g/mol. The van der Waals surface area contributed by atoms with Gasteiger partial charge in [0.2, 0.25) is 10.0 Å². The molecule has 2 saturated heterocycles. The second-order valence-corrected chi connectivity index (χ2v) is 8.77. The number of carbonyl (C=O) groups excluding carboxylic acids is 1. The number of nitrogens with zero attached hydrogens (tertiary/aromatic N) is 2. The molecule has 2 atom stereocenters. The first kappa shape index (κ1) is 18.4. The molecule has 6 nitrogen and oxygen atoms in total. The summed E-state index contributed by atoms with van der Waals surface area (Å²) in [5, 5.41) is 0. The van der Waals surface area contributed by atoms with Crippen LogP contribution >= 0.6 is 0 Å². The van der Waals surface area contributed by atoms with Gasteiger partial charge in [0, 0.05) is 32.6 Å². The smallest absolute Gasteiger partial charge is 0.323 e. The Hall–Kier alpha value is -1.44. The Morgan fingerprint density at radius 3 is 2.28 bits per heavy atom. The summed E-state index contributed by atoms with van der Waals surface area (Å²) in [4.78, 5) is 14.3. The lowest BCUT2D eigenvalue weighted by atomic mass is 10.1. The van der Waals surface area contributed by atoms with Gasteiger partial charge in [0.1, 0.15) is 12.1 Å². The molecule has 0 N–H and O–H groups in total. The van der Waals surface area contributed by atoms with Gasteiger partial charge in [0.25, 0.3) is 0 Å². The van der Waals surface area contributed by atoms with E-state index in [0.29, 0.717) is 37.5 Å². The summed E-state index contributed by atoms with van der Waals surface area (Å²) >= 11 is 0. The molecule has 1 aromatic rings. The van der Waals surface area contributed by atoms with Gasteiger partial charge in [-0.1, -0.05) is 25.5 Å². The third kappa shape index (κ3) is 3.88. The van der Waals surface area contributed by atoms with Crippen molar-refractivity contribution >= 4 is 16.0 Å². The van der Waals surface area contributed by atoms with E-state index < -0.39 is 10.0 Å². The highest BCUT2D eigenvalue weighted by Gasteiger charge is 2.39. The van der Waals surface area contributed by atoms with Crippen LogP contribution in [0.15, 0.2) is 29.2 Å². The maximum absolute atomic E-state index is 12.8. The minimum absolute atomic E-state index is 0.0547. The summed E-state index contributed by atoms with van der Waals surface area (Å²) in [6.45, 7) is 5.90. The summed E-state index contributed by atoms with van der Waals surface area (Å²) in [5.74, 6) is -0.185. The zero-order valence-corrected chi connectivity index (χ0v) is 15.7. The Morgan fingerprint density at radius 1 is 1.12 bits per heavy atom. The molecular weight excluding hydrogens is 340 g/mol. The van der Waals surface area contributed by atoms with E-state index in [1.807, 2.05) is 24.0 Å². The molecule has 0 spiro atoms. The largest absolute Gasteiger partial charge is 0.461 e. The number of aryl methyl sites for hydroxylation is 1. The van der Waals surface area contributed by atoms with Crippen molar-refractivity contribution in [3.05, 3.63) is 29.8 Å². The lowest BCUT2D eigenvalue weighted by Crippen LogP contribution is -2.53. The molecule has 0 amide bonds. The Morgan fingerprint density at radius 2 is 1.76 bits per heavy atom. The summed E-state index contributed by atoms with van der Waals surface area (Å²) in [5.41, 5.74) is 1.15. The van der Waals surface area contributed by atoms with Gasteiger partial charge >= 0.3 is 5.97 Å². The molecular formula is C18H26N2O4S. The lowest BCUT2D eigenvalue weighted by molar-refractivity contribution is -0.145. The number of cyclic esters (lactones) is 1. The van der Waals surface area contributed by atoms with Crippen molar-refractivity contribution in [3.63, 3.8) is 0 Å². The third-order valence-electron chi connectivity index (χ3n) is 4.96. The number of sulfonamides is 1. The van der Waals surface area contributed by atoms with E-state index in [9.17, 15) is 13.2 Å². The first-order valence-electron chi connectivity index (χ1n) is 8.95. The third-order valence-corrected chi connectivity index (χ3v) is 6.87. The molecule has 0 saturated carbocycles. The fourth-order valence-corrected chi connectivity index (χ4v) is 4.98. The Bertz CT molecular complexity index is 709. The Kier molecular flexibility index (Phi) is 5.46. The molecule has 138 valence electrons. The fourth-order valence-electron chi connectivity index (χ4n) is 3.56. The van der Waals surface area contributed by atoms with Gasteiger partial charge in [-0.15, -0.1) is 0 Å². The number of piperazine rings is 1. The molecule has 0 radical (unpaired) electrons. The molecule has 7 heteroatoms. The number of benzene rings is 1. The summed E-state index contributed by atoms with van der Waals surface area (Å²) in [7, 11) is -3.47. The maximum atomic E-state index is 12.8. The molecule has 3 rings (SSSR count). The first-order chi connectivity index (χ1) is 11.9. The van der Waals surface area contributed by atoms with Gasteiger partial charge in [-0.05, 0) is 31.0 Å². The van der Waals surface area contributed by atoms with Gasteiger partial charge < -0.3 is 4.74 Å². The van der Waals surface area contributed by atoms with Crippen LogP contribution in [0, 0.1) is 0 Å². The van der Waals surface area contributed by atoms with Crippen LogP contribution in [0.25, 0.3) is 0 Å². The topological polar surface area (TPSA) is 66.9 Å². The Balaban J connectivity index is 1.64. The average Bonchev–Trinajstić information content (AvgIpc) is 2.94. The lowest BCUT2D eigenvalue weighted by Gasteiger charge is -2.35. The van der Waals surface area contributed by atoms with Crippen molar-refractivity contribution in [2.75, 3.05) is 26.2 Å². The van der Waals surface area contributed by atoms with E-state index in [2.05, 4.69) is 6.92 Å². The molecule has 1 aromatic carbocycles. The van der Waals surface area contributed by atoms with Crippen LogP contribution in [0.3, 0.4) is 0 Å². The van der Waals surface area contributed by atoms with Crippen LogP contribution in [-0.2, 0) is 26.0 Å². The molecule has 0 aliphatic carbocycles. The van der Waals surface area contributed by atoms with Crippen molar-refractivity contribution in [3.8, 4) is 0 Å². The standard InChI is InChI=1S/C18H26N2O4S/c1-3-4-15-5-7-16(8-6-15)25(22,23)20-11-9-19(10-12-20)17-13-14(2)24-18(17)21/h5-8,14,17H,3-4,9-13H2,1-2H3. The van der Waals surface area contributed by atoms with Gasteiger partial charge in [-0.3, -0.25) is 9.69 Å². The SMILES string of the molecule is CCCc1ccc(S(=O)(=O)N2CCN(C3CC(C)OC3=O)CC2)cc1. The molecule has 0 bridgehead atoms. The number of ether oxygens (including phenoxy) is 1. The van der Waals surface area contributed by atoms with Crippen LogP contribution in [0.2, 0.25) is 0 Å². The quantitative estimate of drug-likeness (QED) is 0.742. The zero-order chi connectivity index (χ0) is 18.0. The van der Waals surface area contributed by atoms with Crippen LogP contribution in [-0.4, -0.2) is 61.9 Å². The molecule has 25 heavy (non-hydrogen) atoms. The molecule has 2 unspecified atom stereocenters. The van der Waals surface area contributed by atoms with Crippen molar-refractivity contribution in [2.45, 2.75) is 50.2 Å². The van der Waals surface area contributed by atoms with E-state index in [-0.39, 0.29) is 18.1 Å². The minimum Gasteiger partial charge on any atom is -0.461 e. The maximum Gasteiger partial charge on any atom is 0.323 e. The molecule has 2 fully saturated rings. The van der Waals surface area contributed by atoms with Crippen LogP contribution in [0.5, 0.6) is 0 Å². The zero-order valence-electron chi connectivity index (χ0n) is 14.8. The van der Waals surface area contributed by atoms with Crippen LogP contribution < -0.4 is 0 Å². The van der Waals surface area contributed by atoms with E-state index in [1.165, 1.54) is 4.31 Å². The second kappa shape index (κ2) is 7.43. The molecule has 2 aliphatic heterocycles. The molecule has 0 aromatic heterocycles. The van der Waals surface area contributed by atoms with Gasteiger partial charge in [-0.2, -0.15) is 4.31 Å². The van der Waals surface area contributed by atoms with Crippen LogP contribution in [0.4, 0.5) is 0 Å². The minimum atomic E-state index is -3.47. The summed E-state index contributed by atoms with van der Waals surface area (Å²) in [6, 6.07) is 6.95. The number of esters is 1. The van der Waals surface area contributed by atoms with Crippen molar-refractivity contribution in [1.82, 2.24) is 9.21 Å². The number of rotatable bonds is 5. The van der Waals surface area contributed by atoms with E-state index >= 15 is 0 Å². The summed E-state index contributed by atoms with van der Waals surface area (Å²) in [6.07, 6.45) is 2.62. The predicted molar refractivity (Wildman–Crippen MR) is 94.7 cm³/mol. The number of hydrogen-bond donors (Lipinski definition) is 0. The highest BCUT2D eigenvalue weighted by atomic mass is 32.2. The highest BCUT2D eigenvalue weighted by molar-refractivity contribution is 7.89. The van der Waals surface area contributed by atoms with Gasteiger partial charge in [-0.25, -0.2) is 8.42 Å².